The first-order valence-corrected chi connectivity index (χ1v) is 7.11. The summed E-state index contributed by atoms with van der Waals surface area (Å²) in [5.41, 5.74) is 6.94. The van der Waals surface area contributed by atoms with Crippen molar-refractivity contribution in [1.82, 2.24) is 5.43 Å². The van der Waals surface area contributed by atoms with Crippen molar-refractivity contribution >= 4 is 29.6 Å². The molecule has 1 heterocycles. The molecule has 0 atom stereocenters. The summed E-state index contributed by atoms with van der Waals surface area (Å²) in [6.45, 7) is 2.99. The van der Waals surface area contributed by atoms with E-state index in [1.807, 2.05) is 12.1 Å². The van der Waals surface area contributed by atoms with Gasteiger partial charge in [0.15, 0.2) is 0 Å². The Hall–Kier alpha value is -2.00. The molecule has 2 aromatic rings. The minimum absolute atomic E-state index is 0. The summed E-state index contributed by atoms with van der Waals surface area (Å²) in [7, 11) is 0. The molecule has 3 rings (SSSR count). The van der Waals surface area contributed by atoms with Gasteiger partial charge in [-0.05, 0) is 30.2 Å². The Kier molecular flexibility index (Phi) is 5.23. The third kappa shape index (κ3) is 3.56. The van der Waals surface area contributed by atoms with Crippen LogP contribution in [0.5, 0.6) is 0 Å². The van der Waals surface area contributed by atoms with Crippen LogP contribution < -0.4 is 10.4 Å². The highest BCUT2D eigenvalue weighted by Gasteiger charge is 2.15. The summed E-state index contributed by atoms with van der Waals surface area (Å²) in [6, 6.07) is 18.7. The number of benzene rings is 2. The maximum Gasteiger partial charge on any atom is 0.121 e. The van der Waals surface area contributed by atoms with Crippen LogP contribution in [0.25, 0.3) is 0 Å². The number of aliphatic imine (C=N–C) groups is 1. The van der Waals surface area contributed by atoms with Crippen molar-refractivity contribution in [2.45, 2.75) is 26.3 Å². The van der Waals surface area contributed by atoms with Gasteiger partial charge < -0.3 is 0 Å². The van der Waals surface area contributed by atoms with E-state index in [0.717, 1.165) is 36.6 Å². The minimum atomic E-state index is 0. The first kappa shape index (κ1) is 15.4. The van der Waals surface area contributed by atoms with E-state index >= 15 is 0 Å². The summed E-state index contributed by atoms with van der Waals surface area (Å²) in [4.78, 5) is 4.77. The van der Waals surface area contributed by atoms with Gasteiger partial charge >= 0.3 is 0 Å². The van der Waals surface area contributed by atoms with E-state index in [-0.39, 0.29) is 12.4 Å². The molecule has 0 radical (unpaired) electrons. The molecule has 0 amide bonds. The molecule has 0 saturated carbocycles. The standard InChI is InChI=1S/C17H19N3.ClH/c1-2-8-17-18-16-12-7-6-9-14(16)13-20(19-17)15-10-4-3-5-11-15;/h3-7,9-12H,2,8,13H2,1H3,(H,18,19);1H. The summed E-state index contributed by atoms with van der Waals surface area (Å²) in [6.07, 6.45) is 2.04. The van der Waals surface area contributed by atoms with Crippen molar-refractivity contribution in [1.29, 1.82) is 0 Å². The second-order valence-electron chi connectivity index (χ2n) is 4.97. The number of hydrogen-bond donors (Lipinski definition) is 1. The Bertz CT molecular complexity index is 610. The Morgan fingerprint density at radius 2 is 1.76 bits per heavy atom. The van der Waals surface area contributed by atoms with E-state index < -0.39 is 0 Å². The molecule has 4 heteroatoms. The molecule has 110 valence electrons. The van der Waals surface area contributed by atoms with Gasteiger partial charge in [-0.1, -0.05) is 43.3 Å². The number of hydrogen-bond acceptors (Lipinski definition) is 3. The molecule has 0 spiro atoms. The number of hydrazine groups is 1. The van der Waals surface area contributed by atoms with Gasteiger partial charge in [0.25, 0.3) is 0 Å². The van der Waals surface area contributed by atoms with Gasteiger partial charge in [-0.25, -0.2) is 4.99 Å². The number of para-hydroxylation sites is 2. The fraction of sp³-hybridized carbons (Fsp3) is 0.235. The molecule has 0 bridgehead atoms. The van der Waals surface area contributed by atoms with Gasteiger partial charge in [0.2, 0.25) is 0 Å². The quantitative estimate of drug-likeness (QED) is 0.906. The fourth-order valence-electron chi connectivity index (χ4n) is 2.40. The maximum absolute atomic E-state index is 4.77. The Morgan fingerprint density at radius 3 is 2.52 bits per heavy atom. The van der Waals surface area contributed by atoms with Crippen molar-refractivity contribution in [3.8, 4) is 0 Å². The van der Waals surface area contributed by atoms with Crippen molar-refractivity contribution in [3.05, 3.63) is 60.2 Å². The third-order valence-electron chi connectivity index (χ3n) is 3.39. The molecule has 1 aliphatic rings. The highest BCUT2D eigenvalue weighted by atomic mass is 35.5. The molecule has 1 aliphatic heterocycles. The predicted octanol–water partition coefficient (Wildman–Crippen LogP) is 4.46. The van der Waals surface area contributed by atoms with Crippen LogP contribution >= 0.6 is 12.4 Å². The van der Waals surface area contributed by atoms with Gasteiger partial charge in [-0.3, -0.25) is 10.4 Å². The van der Waals surface area contributed by atoms with Crippen LogP contribution in [0.15, 0.2) is 59.6 Å². The number of amidine groups is 1. The van der Waals surface area contributed by atoms with Crippen LogP contribution in [0.3, 0.4) is 0 Å². The van der Waals surface area contributed by atoms with Gasteiger partial charge in [0, 0.05) is 6.42 Å². The van der Waals surface area contributed by atoms with E-state index in [0.29, 0.717) is 0 Å². The van der Waals surface area contributed by atoms with Crippen molar-refractivity contribution < 1.29 is 0 Å². The van der Waals surface area contributed by atoms with Crippen molar-refractivity contribution in [2.75, 3.05) is 5.01 Å². The smallest absolute Gasteiger partial charge is 0.121 e. The first-order valence-electron chi connectivity index (χ1n) is 7.11. The van der Waals surface area contributed by atoms with Gasteiger partial charge in [0.1, 0.15) is 5.84 Å². The topological polar surface area (TPSA) is 27.6 Å². The SMILES string of the molecule is CCCC1=Nc2ccccc2CN(c2ccccc2)N1.Cl. The van der Waals surface area contributed by atoms with Crippen LogP contribution in [-0.2, 0) is 6.54 Å². The Morgan fingerprint density at radius 1 is 1.05 bits per heavy atom. The van der Waals surface area contributed by atoms with Crippen LogP contribution in [0.4, 0.5) is 11.4 Å². The van der Waals surface area contributed by atoms with Crippen LogP contribution in [0.2, 0.25) is 0 Å². The number of halogens is 1. The number of fused-ring (bicyclic) bond motifs is 1. The predicted molar refractivity (Wildman–Crippen MR) is 91.5 cm³/mol. The summed E-state index contributed by atoms with van der Waals surface area (Å²) < 4.78 is 0. The molecule has 0 fully saturated rings. The lowest BCUT2D eigenvalue weighted by atomic mass is 10.1. The van der Waals surface area contributed by atoms with E-state index in [1.54, 1.807) is 0 Å². The van der Waals surface area contributed by atoms with Crippen LogP contribution in [0, 0.1) is 0 Å². The zero-order chi connectivity index (χ0) is 13.8. The highest BCUT2D eigenvalue weighted by molar-refractivity contribution is 5.87. The number of nitrogens with zero attached hydrogens (tertiary/aromatic N) is 2. The summed E-state index contributed by atoms with van der Waals surface area (Å²) in [5, 5.41) is 2.17. The van der Waals surface area contributed by atoms with E-state index in [2.05, 4.69) is 59.8 Å². The normalized spacial score (nSPS) is 13.4. The Balaban J connectivity index is 0.00000161. The minimum Gasteiger partial charge on any atom is -0.285 e. The van der Waals surface area contributed by atoms with Crippen molar-refractivity contribution in [3.63, 3.8) is 0 Å². The summed E-state index contributed by atoms with van der Waals surface area (Å²) in [5.74, 6) is 1.03. The molecule has 0 aromatic heterocycles. The molecule has 21 heavy (non-hydrogen) atoms. The number of nitrogens with one attached hydrogen (secondary N) is 1. The lowest BCUT2D eigenvalue weighted by Gasteiger charge is -2.25. The second-order valence-corrected chi connectivity index (χ2v) is 4.97. The second kappa shape index (κ2) is 7.14. The molecule has 3 nitrogen and oxygen atoms in total. The maximum atomic E-state index is 4.77. The molecule has 2 aromatic carbocycles. The third-order valence-corrected chi connectivity index (χ3v) is 3.39. The lowest BCUT2D eigenvalue weighted by Crippen LogP contribution is -2.40. The van der Waals surface area contributed by atoms with E-state index in [4.69, 9.17) is 4.99 Å². The Labute approximate surface area is 132 Å². The average Bonchev–Trinajstić information content (AvgIpc) is 2.67. The monoisotopic (exact) mass is 301 g/mol. The molecule has 0 unspecified atom stereocenters. The fourth-order valence-corrected chi connectivity index (χ4v) is 2.40. The van der Waals surface area contributed by atoms with Gasteiger partial charge in [0.05, 0.1) is 17.9 Å². The first-order chi connectivity index (χ1) is 9.86. The highest BCUT2D eigenvalue weighted by Crippen LogP contribution is 2.25. The summed E-state index contributed by atoms with van der Waals surface area (Å²) >= 11 is 0. The van der Waals surface area contributed by atoms with E-state index in [9.17, 15) is 0 Å². The van der Waals surface area contributed by atoms with Crippen molar-refractivity contribution in [2.24, 2.45) is 4.99 Å². The lowest BCUT2D eigenvalue weighted by molar-refractivity contribution is 0.756. The van der Waals surface area contributed by atoms with Gasteiger partial charge in [-0.15, -0.1) is 12.4 Å². The van der Waals surface area contributed by atoms with E-state index in [1.165, 1.54) is 5.56 Å². The zero-order valence-corrected chi connectivity index (χ0v) is 12.9. The average molecular weight is 302 g/mol. The molecular weight excluding hydrogens is 282 g/mol. The zero-order valence-electron chi connectivity index (χ0n) is 12.1. The number of rotatable bonds is 3. The van der Waals surface area contributed by atoms with Crippen LogP contribution in [-0.4, -0.2) is 5.84 Å². The molecule has 0 saturated heterocycles. The largest absolute Gasteiger partial charge is 0.285 e. The number of anilines is 1. The molecule has 1 N–H and O–H groups in total. The molecule has 0 aliphatic carbocycles. The van der Waals surface area contributed by atoms with Crippen LogP contribution in [0.1, 0.15) is 25.3 Å². The molecular formula is C17H20ClN3. The van der Waals surface area contributed by atoms with Gasteiger partial charge in [-0.2, -0.15) is 0 Å².